The molecule has 3 rings (SSSR count). The summed E-state index contributed by atoms with van der Waals surface area (Å²) in [6.07, 6.45) is 3.35. The number of ether oxygens (including phenoxy) is 1. The second-order valence-corrected chi connectivity index (χ2v) is 6.81. The number of carbonyl (C=O) groups excluding carboxylic acids is 1. The lowest BCUT2D eigenvalue weighted by molar-refractivity contribution is 0.103. The molecule has 0 radical (unpaired) electrons. The lowest BCUT2D eigenvalue weighted by atomic mass is 9.94. The summed E-state index contributed by atoms with van der Waals surface area (Å²) in [4.78, 5) is 16.6. The highest BCUT2D eigenvalue weighted by Crippen LogP contribution is 2.28. The Labute approximate surface area is 153 Å². The molecule has 2 fully saturated rings. The smallest absolute Gasteiger partial charge is 0.320 e. The average Bonchev–Trinajstić information content (AvgIpc) is 3.12. The van der Waals surface area contributed by atoms with E-state index in [0.717, 1.165) is 30.5 Å². The van der Waals surface area contributed by atoms with Crippen molar-refractivity contribution in [2.45, 2.75) is 31.7 Å². The van der Waals surface area contributed by atoms with Gasteiger partial charge < -0.3 is 14.5 Å². The molecular formula is C20H24FN3O2. The second kappa shape index (κ2) is 8.33. The van der Waals surface area contributed by atoms with Crippen LogP contribution in [0.2, 0.25) is 0 Å². The molecule has 0 N–H and O–H groups in total. The molecule has 0 bridgehead atoms. The number of benzene rings is 1. The van der Waals surface area contributed by atoms with Gasteiger partial charge in [0, 0.05) is 26.7 Å². The number of urea groups is 1. The molecule has 2 amide bonds. The first kappa shape index (κ1) is 18.4. The highest BCUT2D eigenvalue weighted by molar-refractivity contribution is 5.80. The Morgan fingerprint density at radius 2 is 1.96 bits per heavy atom. The zero-order chi connectivity index (χ0) is 18.5. The van der Waals surface area contributed by atoms with E-state index in [9.17, 15) is 14.4 Å². The first-order valence-electron chi connectivity index (χ1n) is 9.06. The zero-order valence-corrected chi connectivity index (χ0v) is 15.1. The van der Waals surface area contributed by atoms with Crippen LogP contribution >= 0.6 is 0 Å². The first-order valence-corrected chi connectivity index (χ1v) is 9.06. The number of methoxy groups -OCH3 is 1. The largest absolute Gasteiger partial charge is 0.383 e. The van der Waals surface area contributed by atoms with Crippen LogP contribution in [0.5, 0.6) is 0 Å². The minimum Gasteiger partial charge on any atom is -0.383 e. The predicted octanol–water partition coefficient (Wildman–Crippen LogP) is 3.43. The Morgan fingerprint density at radius 3 is 2.58 bits per heavy atom. The van der Waals surface area contributed by atoms with E-state index in [1.54, 1.807) is 19.2 Å². The summed E-state index contributed by atoms with van der Waals surface area (Å²) < 4.78 is 18.3. The maximum Gasteiger partial charge on any atom is 0.320 e. The highest BCUT2D eigenvalue weighted by atomic mass is 19.1. The van der Waals surface area contributed by atoms with Crippen molar-refractivity contribution in [2.75, 3.05) is 33.4 Å². The van der Waals surface area contributed by atoms with Gasteiger partial charge >= 0.3 is 6.03 Å². The van der Waals surface area contributed by atoms with E-state index in [0.29, 0.717) is 38.1 Å². The Bertz CT molecular complexity index is 714. The molecule has 0 aromatic heterocycles. The van der Waals surface area contributed by atoms with Gasteiger partial charge in [-0.3, -0.25) is 0 Å². The molecule has 138 valence electrons. The fraction of sp³-hybridized carbons (Fsp3) is 0.500. The van der Waals surface area contributed by atoms with E-state index in [1.807, 2.05) is 9.80 Å². The number of hydrogen-bond donors (Lipinski definition) is 0. The molecule has 1 atom stereocenters. The predicted molar refractivity (Wildman–Crippen MR) is 96.7 cm³/mol. The van der Waals surface area contributed by atoms with Gasteiger partial charge in [0.2, 0.25) is 0 Å². The number of nitriles is 1. The number of nitrogens with zero attached hydrogens (tertiary/aromatic N) is 3. The van der Waals surface area contributed by atoms with E-state index >= 15 is 0 Å². The topological polar surface area (TPSA) is 56.6 Å². The molecule has 26 heavy (non-hydrogen) atoms. The van der Waals surface area contributed by atoms with Crippen LogP contribution in [0.3, 0.4) is 0 Å². The minimum atomic E-state index is -0.312. The van der Waals surface area contributed by atoms with Gasteiger partial charge in [-0.25, -0.2) is 9.18 Å². The molecule has 1 unspecified atom stereocenters. The number of rotatable bonds is 3. The van der Waals surface area contributed by atoms with Crippen molar-refractivity contribution in [2.24, 2.45) is 0 Å². The molecular weight excluding hydrogens is 333 g/mol. The Morgan fingerprint density at radius 1 is 1.27 bits per heavy atom. The molecule has 2 aliphatic rings. The van der Waals surface area contributed by atoms with Crippen molar-refractivity contribution >= 4 is 11.6 Å². The lowest BCUT2D eigenvalue weighted by Crippen LogP contribution is -2.48. The fourth-order valence-electron chi connectivity index (χ4n) is 3.82. The molecule has 1 aromatic carbocycles. The van der Waals surface area contributed by atoms with Gasteiger partial charge in [-0.15, -0.1) is 0 Å². The van der Waals surface area contributed by atoms with Gasteiger partial charge in [0.15, 0.2) is 0 Å². The number of carbonyl (C=O) groups is 1. The van der Waals surface area contributed by atoms with Crippen LogP contribution in [0, 0.1) is 17.1 Å². The van der Waals surface area contributed by atoms with Gasteiger partial charge in [-0.1, -0.05) is 12.1 Å². The number of amides is 2. The lowest BCUT2D eigenvalue weighted by Gasteiger charge is -2.34. The van der Waals surface area contributed by atoms with Crippen LogP contribution < -0.4 is 0 Å². The van der Waals surface area contributed by atoms with E-state index < -0.39 is 0 Å². The van der Waals surface area contributed by atoms with Gasteiger partial charge in [0.05, 0.1) is 24.3 Å². The second-order valence-electron chi connectivity index (χ2n) is 6.81. The molecule has 2 aliphatic heterocycles. The van der Waals surface area contributed by atoms with Crippen LogP contribution in [-0.2, 0) is 4.74 Å². The third-order valence-electron chi connectivity index (χ3n) is 5.22. The standard InChI is InChI=1S/C20H24FN3O2/c1-26-14-18-3-2-10-24(18)20(25)23-11-8-16(9-12-23)19(13-22)15-4-6-17(21)7-5-15/h4-7,18H,2-3,8-12,14H2,1H3. The van der Waals surface area contributed by atoms with Crippen LogP contribution in [0.25, 0.3) is 5.57 Å². The SMILES string of the molecule is COCC1CCCN1C(=O)N1CCC(=C(C#N)c2ccc(F)cc2)CC1. The normalized spacial score (nSPS) is 20.2. The van der Waals surface area contributed by atoms with Crippen LogP contribution in [0.1, 0.15) is 31.2 Å². The Balaban J connectivity index is 1.67. The minimum absolute atomic E-state index is 0.0730. The Hall–Kier alpha value is -2.39. The molecule has 6 heteroatoms. The van der Waals surface area contributed by atoms with E-state index in [1.165, 1.54) is 12.1 Å². The monoisotopic (exact) mass is 357 g/mol. The van der Waals surface area contributed by atoms with Crippen molar-refractivity contribution in [1.29, 1.82) is 5.26 Å². The first-order chi connectivity index (χ1) is 12.6. The number of piperidine rings is 1. The maximum atomic E-state index is 13.1. The Kier molecular flexibility index (Phi) is 5.89. The average molecular weight is 357 g/mol. The number of likely N-dealkylation sites (tertiary alicyclic amines) is 2. The van der Waals surface area contributed by atoms with Gasteiger partial charge in [0.1, 0.15) is 5.82 Å². The van der Waals surface area contributed by atoms with Crippen LogP contribution in [0.4, 0.5) is 9.18 Å². The van der Waals surface area contributed by atoms with E-state index in [4.69, 9.17) is 4.74 Å². The molecule has 2 heterocycles. The van der Waals surface area contributed by atoms with Crippen LogP contribution in [-0.4, -0.2) is 55.2 Å². The molecule has 1 aromatic rings. The summed E-state index contributed by atoms with van der Waals surface area (Å²) in [5.41, 5.74) is 2.39. The van der Waals surface area contributed by atoms with Gasteiger partial charge in [0.25, 0.3) is 0 Å². The van der Waals surface area contributed by atoms with Gasteiger partial charge in [-0.2, -0.15) is 5.26 Å². The molecule has 0 aliphatic carbocycles. The highest BCUT2D eigenvalue weighted by Gasteiger charge is 2.32. The summed E-state index contributed by atoms with van der Waals surface area (Å²) in [6, 6.07) is 8.51. The molecule has 5 nitrogen and oxygen atoms in total. The van der Waals surface area contributed by atoms with Gasteiger partial charge in [-0.05, 0) is 49.0 Å². The van der Waals surface area contributed by atoms with Crippen molar-refractivity contribution in [3.05, 3.63) is 41.2 Å². The number of hydrogen-bond acceptors (Lipinski definition) is 3. The summed E-state index contributed by atoms with van der Waals surface area (Å²) in [7, 11) is 1.66. The third-order valence-corrected chi connectivity index (χ3v) is 5.22. The summed E-state index contributed by atoms with van der Waals surface area (Å²) >= 11 is 0. The number of allylic oxidation sites excluding steroid dienone is 1. The van der Waals surface area contributed by atoms with Crippen molar-refractivity contribution in [1.82, 2.24) is 9.80 Å². The summed E-state index contributed by atoms with van der Waals surface area (Å²) in [5.74, 6) is -0.312. The van der Waals surface area contributed by atoms with Crippen LogP contribution in [0.15, 0.2) is 29.8 Å². The maximum absolute atomic E-state index is 13.1. The quantitative estimate of drug-likeness (QED) is 0.779. The number of halogens is 1. The van der Waals surface area contributed by atoms with E-state index in [-0.39, 0.29) is 17.9 Å². The summed E-state index contributed by atoms with van der Waals surface area (Å²) in [6.45, 7) is 2.58. The fourth-order valence-corrected chi connectivity index (χ4v) is 3.82. The molecule has 2 saturated heterocycles. The molecule has 0 spiro atoms. The summed E-state index contributed by atoms with van der Waals surface area (Å²) in [5, 5.41) is 9.54. The van der Waals surface area contributed by atoms with Crippen molar-refractivity contribution in [3.8, 4) is 6.07 Å². The van der Waals surface area contributed by atoms with Crippen molar-refractivity contribution < 1.29 is 13.9 Å². The van der Waals surface area contributed by atoms with Crippen molar-refractivity contribution in [3.63, 3.8) is 0 Å². The third kappa shape index (κ3) is 3.88. The molecule has 0 saturated carbocycles. The zero-order valence-electron chi connectivity index (χ0n) is 15.1. The van der Waals surface area contributed by atoms with E-state index in [2.05, 4.69) is 6.07 Å².